The number of aryl methyl sites for hydroxylation is 1. The summed E-state index contributed by atoms with van der Waals surface area (Å²) in [6.45, 7) is 1.86. The van der Waals surface area contributed by atoms with Crippen molar-refractivity contribution >= 4 is 34.4 Å². The average molecular weight is 347 g/mol. The molecule has 0 spiro atoms. The Labute approximate surface area is 145 Å². The van der Waals surface area contributed by atoms with Crippen molar-refractivity contribution < 1.29 is 14.7 Å². The number of carbonyl (C=O) groups is 2. The minimum Gasteiger partial charge on any atom is -0.481 e. The van der Waals surface area contributed by atoms with Crippen LogP contribution in [0, 0.1) is 12.8 Å². The maximum Gasteiger partial charge on any atom is 0.308 e. The van der Waals surface area contributed by atoms with Crippen molar-refractivity contribution in [2.45, 2.75) is 38.6 Å². The molecule has 2 N–H and O–H groups in total. The number of fused-ring (bicyclic) bond motifs is 1. The zero-order valence-electron chi connectivity index (χ0n) is 13.4. The number of nitrogens with one attached hydrogen (secondary N) is 1. The van der Waals surface area contributed by atoms with Crippen LogP contribution in [0.5, 0.6) is 0 Å². The highest BCUT2D eigenvalue weighted by Crippen LogP contribution is 2.27. The standard InChI is InChI=1S/C18H19ClN2O3/c1-10-6-7-11-8-12(19)9-14(16(11)20-10)17(22)21-15-5-3-2-4-13(15)18(23)24/h6-9,13,15H,2-5H2,1H3,(H,21,22)(H,23,24)/t13-,15+/m0/s1. The van der Waals surface area contributed by atoms with Crippen LogP contribution >= 0.6 is 11.6 Å². The number of hydrogen-bond acceptors (Lipinski definition) is 3. The highest BCUT2D eigenvalue weighted by molar-refractivity contribution is 6.32. The summed E-state index contributed by atoms with van der Waals surface area (Å²) < 4.78 is 0. The van der Waals surface area contributed by atoms with E-state index in [9.17, 15) is 14.7 Å². The first-order chi connectivity index (χ1) is 11.5. The summed E-state index contributed by atoms with van der Waals surface area (Å²) in [5.41, 5.74) is 1.77. The fraction of sp³-hybridized carbons (Fsp3) is 0.389. The van der Waals surface area contributed by atoms with E-state index in [1.807, 2.05) is 19.1 Å². The van der Waals surface area contributed by atoms with E-state index in [0.717, 1.165) is 23.9 Å². The normalized spacial score (nSPS) is 20.8. The molecule has 1 saturated carbocycles. The van der Waals surface area contributed by atoms with E-state index in [1.54, 1.807) is 12.1 Å². The van der Waals surface area contributed by atoms with E-state index < -0.39 is 11.9 Å². The Kier molecular flexibility index (Phi) is 4.71. The van der Waals surface area contributed by atoms with Gasteiger partial charge in [-0.25, -0.2) is 0 Å². The minimum atomic E-state index is -0.857. The summed E-state index contributed by atoms with van der Waals surface area (Å²) in [7, 11) is 0. The van der Waals surface area contributed by atoms with Crippen LogP contribution < -0.4 is 5.32 Å². The smallest absolute Gasteiger partial charge is 0.308 e. The number of carbonyl (C=O) groups excluding carboxylic acids is 1. The Balaban J connectivity index is 1.93. The molecule has 1 aliphatic carbocycles. The fourth-order valence-electron chi connectivity index (χ4n) is 3.31. The number of halogens is 1. The van der Waals surface area contributed by atoms with Gasteiger partial charge in [0.2, 0.25) is 0 Å². The lowest BCUT2D eigenvalue weighted by Crippen LogP contribution is -2.45. The highest BCUT2D eigenvalue weighted by Gasteiger charge is 2.32. The van der Waals surface area contributed by atoms with Gasteiger partial charge in [-0.2, -0.15) is 0 Å². The number of benzene rings is 1. The quantitative estimate of drug-likeness (QED) is 0.890. The molecule has 1 fully saturated rings. The van der Waals surface area contributed by atoms with Gasteiger partial charge in [0.25, 0.3) is 5.91 Å². The zero-order valence-corrected chi connectivity index (χ0v) is 14.1. The van der Waals surface area contributed by atoms with Crippen molar-refractivity contribution in [3.63, 3.8) is 0 Å². The minimum absolute atomic E-state index is 0.321. The number of carboxylic acids is 1. The van der Waals surface area contributed by atoms with Gasteiger partial charge in [-0.05, 0) is 38.0 Å². The third kappa shape index (κ3) is 3.36. The number of aliphatic carboxylic acids is 1. The Bertz CT molecular complexity index is 806. The SMILES string of the molecule is Cc1ccc2cc(Cl)cc(C(=O)N[C@@H]3CCCC[C@@H]3C(=O)O)c2n1. The molecule has 0 radical (unpaired) electrons. The molecule has 1 aliphatic rings. The molecule has 1 aromatic carbocycles. The Morgan fingerprint density at radius 2 is 2.00 bits per heavy atom. The van der Waals surface area contributed by atoms with Gasteiger partial charge in [0.05, 0.1) is 17.0 Å². The number of carboxylic acid groups (broad SMARTS) is 1. The van der Waals surface area contributed by atoms with Gasteiger partial charge >= 0.3 is 5.97 Å². The first-order valence-electron chi connectivity index (χ1n) is 8.06. The largest absolute Gasteiger partial charge is 0.481 e. The lowest BCUT2D eigenvalue weighted by Gasteiger charge is -2.29. The maximum absolute atomic E-state index is 12.8. The molecule has 1 heterocycles. The fourth-order valence-corrected chi connectivity index (χ4v) is 3.54. The van der Waals surface area contributed by atoms with Crippen LogP contribution in [0.1, 0.15) is 41.7 Å². The van der Waals surface area contributed by atoms with Crippen molar-refractivity contribution in [2.75, 3.05) is 0 Å². The van der Waals surface area contributed by atoms with Crippen molar-refractivity contribution in [3.05, 3.63) is 40.5 Å². The molecule has 0 bridgehead atoms. The molecule has 3 rings (SSSR count). The zero-order chi connectivity index (χ0) is 17.3. The molecule has 2 aromatic rings. The molecule has 0 unspecified atom stereocenters. The Morgan fingerprint density at radius 3 is 2.75 bits per heavy atom. The monoisotopic (exact) mass is 346 g/mol. The van der Waals surface area contributed by atoms with Gasteiger partial charge < -0.3 is 10.4 Å². The second-order valence-corrected chi connectivity index (χ2v) is 6.72. The van der Waals surface area contributed by atoms with Crippen LogP contribution in [0.4, 0.5) is 0 Å². The first kappa shape index (κ1) is 16.7. The van der Waals surface area contributed by atoms with Crippen LogP contribution in [0.3, 0.4) is 0 Å². The van der Waals surface area contributed by atoms with Crippen LogP contribution in [-0.2, 0) is 4.79 Å². The van der Waals surface area contributed by atoms with Crippen molar-refractivity contribution in [1.29, 1.82) is 0 Å². The third-order valence-electron chi connectivity index (χ3n) is 4.54. The molecule has 0 saturated heterocycles. The summed E-state index contributed by atoms with van der Waals surface area (Å²) in [6, 6.07) is 6.73. The molecule has 1 amide bonds. The van der Waals surface area contributed by atoms with E-state index in [1.165, 1.54) is 0 Å². The summed E-state index contributed by atoms with van der Waals surface area (Å²) in [5.74, 6) is -1.72. The number of rotatable bonds is 3. The summed E-state index contributed by atoms with van der Waals surface area (Å²) >= 11 is 6.13. The lowest BCUT2D eigenvalue weighted by atomic mass is 9.84. The Morgan fingerprint density at radius 1 is 1.25 bits per heavy atom. The van der Waals surface area contributed by atoms with E-state index in [0.29, 0.717) is 28.9 Å². The van der Waals surface area contributed by atoms with Crippen molar-refractivity contribution in [1.82, 2.24) is 10.3 Å². The lowest BCUT2D eigenvalue weighted by molar-refractivity contribution is -0.143. The van der Waals surface area contributed by atoms with Crippen LogP contribution in [0.2, 0.25) is 5.02 Å². The van der Waals surface area contributed by atoms with Crippen molar-refractivity contribution in [3.8, 4) is 0 Å². The average Bonchev–Trinajstić information content (AvgIpc) is 2.54. The first-order valence-corrected chi connectivity index (χ1v) is 8.44. The van der Waals surface area contributed by atoms with E-state index in [4.69, 9.17) is 11.6 Å². The molecule has 24 heavy (non-hydrogen) atoms. The predicted octanol–water partition coefficient (Wildman–Crippen LogP) is 3.57. The van der Waals surface area contributed by atoms with Crippen LogP contribution in [-0.4, -0.2) is 28.0 Å². The number of hydrogen-bond donors (Lipinski definition) is 2. The van der Waals surface area contributed by atoms with E-state index in [-0.39, 0.29) is 11.9 Å². The number of amides is 1. The third-order valence-corrected chi connectivity index (χ3v) is 4.76. The summed E-state index contributed by atoms with van der Waals surface area (Å²) in [6.07, 6.45) is 3.06. The van der Waals surface area contributed by atoms with Crippen molar-refractivity contribution in [2.24, 2.45) is 5.92 Å². The molecular formula is C18H19ClN2O3. The molecule has 6 heteroatoms. The molecule has 0 aliphatic heterocycles. The highest BCUT2D eigenvalue weighted by atomic mass is 35.5. The van der Waals surface area contributed by atoms with Crippen LogP contribution in [0.25, 0.3) is 10.9 Å². The summed E-state index contributed by atoms with van der Waals surface area (Å²) in [4.78, 5) is 28.6. The predicted molar refractivity (Wildman–Crippen MR) is 92.3 cm³/mol. The van der Waals surface area contributed by atoms with Gasteiger partial charge in [-0.1, -0.05) is 30.5 Å². The molecule has 5 nitrogen and oxygen atoms in total. The molecule has 2 atom stereocenters. The van der Waals surface area contributed by atoms with Gasteiger partial charge in [0.1, 0.15) is 0 Å². The van der Waals surface area contributed by atoms with Gasteiger partial charge in [-0.3, -0.25) is 14.6 Å². The Hall–Kier alpha value is -2.14. The molecule has 126 valence electrons. The van der Waals surface area contributed by atoms with Crippen LogP contribution in [0.15, 0.2) is 24.3 Å². The number of pyridine rings is 1. The van der Waals surface area contributed by atoms with Gasteiger partial charge in [-0.15, -0.1) is 0 Å². The second-order valence-electron chi connectivity index (χ2n) is 6.29. The summed E-state index contributed by atoms with van der Waals surface area (Å²) in [5, 5.41) is 13.5. The number of aromatic nitrogens is 1. The van der Waals surface area contributed by atoms with E-state index in [2.05, 4.69) is 10.3 Å². The van der Waals surface area contributed by atoms with Gasteiger partial charge in [0, 0.05) is 22.1 Å². The van der Waals surface area contributed by atoms with Gasteiger partial charge in [0.15, 0.2) is 0 Å². The maximum atomic E-state index is 12.8. The van der Waals surface area contributed by atoms with E-state index >= 15 is 0 Å². The molecule has 1 aromatic heterocycles. The molecular weight excluding hydrogens is 328 g/mol. The topological polar surface area (TPSA) is 79.3 Å². The number of nitrogens with zero attached hydrogens (tertiary/aromatic N) is 1. The second kappa shape index (κ2) is 6.77.